The van der Waals surface area contributed by atoms with Crippen LogP contribution in [0.25, 0.3) is 0 Å². The molecule has 0 aromatic heterocycles. The van der Waals surface area contributed by atoms with Crippen molar-refractivity contribution in [3.05, 3.63) is 0 Å². The molecule has 0 aromatic rings. The zero-order chi connectivity index (χ0) is 14.6. The molecule has 0 saturated carbocycles. The molecule has 2 rings (SSSR count). The number of carbonyl (C=O) groups is 1. The Balaban J connectivity index is 2.06. The second-order valence-corrected chi connectivity index (χ2v) is 6.75. The zero-order valence-electron chi connectivity index (χ0n) is 13.5. The number of piperidine rings is 2. The van der Waals surface area contributed by atoms with E-state index in [1.54, 1.807) is 0 Å². The van der Waals surface area contributed by atoms with Gasteiger partial charge in [0.15, 0.2) is 0 Å². The summed E-state index contributed by atoms with van der Waals surface area (Å²) in [6, 6.07) is 0.407. The Labute approximate surface area is 123 Å². The van der Waals surface area contributed by atoms with Gasteiger partial charge in [-0.25, -0.2) is 0 Å². The van der Waals surface area contributed by atoms with Crippen LogP contribution in [0.1, 0.15) is 45.4 Å². The van der Waals surface area contributed by atoms with Gasteiger partial charge < -0.3 is 15.1 Å². The van der Waals surface area contributed by atoms with E-state index in [9.17, 15) is 4.79 Å². The molecule has 1 unspecified atom stereocenters. The summed E-state index contributed by atoms with van der Waals surface area (Å²) < 4.78 is 0. The van der Waals surface area contributed by atoms with Crippen molar-refractivity contribution >= 4 is 5.91 Å². The molecule has 0 aliphatic carbocycles. The van der Waals surface area contributed by atoms with Gasteiger partial charge in [-0.2, -0.15) is 0 Å². The quantitative estimate of drug-likeness (QED) is 0.852. The van der Waals surface area contributed by atoms with E-state index in [1.807, 2.05) is 7.05 Å². The Morgan fingerprint density at radius 2 is 2.10 bits per heavy atom. The molecule has 2 aliphatic heterocycles. The summed E-state index contributed by atoms with van der Waals surface area (Å²) in [4.78, 5) is 17.5. The Morgan fingerprint density at radius 3 is 2.70 bits per heavy atom. The molecule has 4 nitrogen and oxygen atoms in total. The van der Waals surface area contributed by atoms with E-state index in [-0.39, 0.29) is 5.41 Å². The van der Waals surface area contributed by atoms with Crippen molar-refractivity contribution in [1.82, 2.24) is 15.1 Å². The fourth-order valence-electron chi connectivity index (χ4n) is 3.95. The van der Waals surface area contributed by atoms with Crippen molar-refractivity contribution in [3.63, 3.8) is 0 Å². The van der Waals surface area contributed by atoms with Crippen LogP contribution in [0, 0.1) is 5.41 Å². The van der Waals surface area contributed by atoms with Crippen molar-refractivity contribution in [2.24, 2.45) is 5.41 Å². The highest BCUT2D eigenvalue weighted by molar-refractivity contribution is 5.83. The number of nitrogens with one attached hydrogen (secondary N) is 1. The van der Waals surface area contributed by atoms with Gasteiger partial charge in [-0.05, 0) is 58.8 Å². The van der Waals surface area contributed by atoms with Gasteiger partial charge in [0.25, 0.3) is 0 Å². The molecule has 1 atom stereocenters. The number of hydrogen-bond acceptors (Lipinski definition) is 3. The van der Waals surface area contributed by atoms with Gasteiger partial charge in [0.05, 0.1) is 5.41 Å². The maximum Gasteiger partial charge on any atom is 0.228 e. The Kier molecular flexibility index (Phi) is 5.44. The number of amides is 1. The van der Waals surface area contributed by atoms with E-state index >= 15 is 0 Å². The number of nitrogens with zero attached hydrogens (tertiary/aromatic N) is 2. The maximum atomic E-state index is 13.1. The van der Waals surface area contributed by atoms with Crippen LogP contribution in [-0.4, -0.2) is 62.0 Å². The van der Waals surface area contributed by atoms with E-state index in [0.29, 0.717) is 11.9 Å². The van der Waals surface area contributed by atoms with Crippen LogP contribution >= 0.6 is 0 Å². The summed E-state index contributed by atoms with van der Waals surface area (Å²) in [6.07, 6.45) is 6.53. The van der Waals surface area contributed by atoms with E-state index < -0.39 is 0 Å². The van der Waals surface area contributed by atoms with Crippen LogP contribution in [0.5, 0.6) is 0 Å². The molecule has 0 radical (unpaired) electrons. The Bertz CT molecular complexity index is 320. The average molecular weight is 281 g/mol. The number of likely N-dealkylation sites (tertiary alicyclic amines) is 1. The third-order valence-corrected chi connectivity index (χ3v) is 5.21. The van der Waals surface area contributed by atoms with E-state index in [1.165, 1.54) is 13.0 Å². The number of rotatable bonds is 4. The van der Waals surface area contributed by atoms with Crippen LogP contribution in [0.2, 0.25) is 0 Å². The fraction of sp³-hybridized carbons (Fsp3) is 0.938. The molecule has 20 heavy (non-hydrogen) atoms. The molecule has 2 saturated heterocycles. The highest BCUT2D eigenvalue weighted by atomic mass is 16.2. The lowest BCUT2D eigenvalue weighted by Gasteiger charge is -2.43. The molecule has 1 N–H and O–H groups in total. The number of likely N-dealkylation sites (N-methyl/N-ethyl adjacent to an activating group) is 2. The first-order valence-electron chi connectivity index (χ1n) is 8.25. The number of hydrogen-bond donors (Lipinski definition) is 1. The fourth-order valence-corrected chi connectivity index (χ4v) is 3.95. The first kappa shape index (κ1) is 15.8. The molecular formula is C16H31N3O. The minimum absolute atomic E-state index is 0.0925. The summed E-state index contributed by atoms with van der Waals surface area (Å²) in [5, 5.41) is 3.40. The maximum absolute atomic E-state index is 13.1. The van der Waals surface area contributed by atoms with E-state index in [2.05, 4.69) is 29.1 Å². The molecule has 116 valence electrons. The number of carbonyl (C=O) groups excluding carboxylic acids is 1. The summed E-state index contributed by atoms with van der Waals surface area (Å²) in [5.41, 5.74) is -0.0925. The van der Waals surface area contributed by atoms with Crippen molar-refractivity contribution in [2.45, 2.75) is 51.5 Å². The predicted octanol–water partition coefficient (Wildman–Crippen LogP) is 1.71. The van der Waals surface area contributed by atoms with Gasteiger partial charge in [0, 0.05) is 19.6 Å². The molecular weight excluding hydrogens is 250 g/mol. The standard InChI is InChI=1S/C16H31N3O/c1-4-7-16(8-10-17-11-9-16)15(20)19(3)14-6-5-12-18(2)13-14/h14,17H,4-13H2,1-3H3. The lowest BCUT2D eigenvalue weighted by molar-refractivity contribution is -0.146. The summed E-state index contributed by atoms with van der Waals surface area (Å²) in [6.45, 7) is 6.38. The van der Waals surface area contributed by atoms with Crippen LogP contribution in [-0.2, 0) is 4.79 Å². The molecule has 0 spiro atoms. The smallest absolute Gasteiger partial charge is 0.228 e. The minimum Gasteiger partial charge on any atom is -0.341 e. The molecule has 4 heteroatoms. The highest BCUT2D eigenvalue weighted by Crippen LogP contribution is 2.36. The summed E-state index contributed by atoms with van der Waals surface area (Å²) in [5.74, 6) is 0.404. The molecule has 1 amide bonds. The summed E-state index contributed by atoms with van der Waals surface area (Å²) in [7, 11) is 4.20. The lowest BCUT2D eigenvalue weighted by atomic mass is 9.74. The van der Waals surface area contributed by atoms with Crippen molar-refractivity contribution in [3.8, 4) is 0 Å². The predicted molar refractivity (Wildman–Crippen MR) is 82.7 cm³/mol. The van der Waals surface area contributed by atoms with Gasteiger partial charge in [-0.15, -0.1) is 0 Å². The monoisotopic (exact) mass is 281 g/mol. The van der Waals surface area contributed by atoms with Crippen LogP contribution in [0.4, 0.5) is 0 Å². The third kappa shape index (κ3) is 3.34. The van der Waals surface area contributed by atoms with Gasteiger partial charge in [0.1, 0.15) is 0 Å². The second-order valence-electron chi connectivity index (χ2n) is 6.75. The first-order chi connectivity index (χ1) is 9.59. The van der Waals surface area contributed by atoms with Gasteiger partial charge in [0.2, 0.25) is 5.91 Å². The van der Waals surface area contributed by atoms with E-state index in [0.717, 1.165) is 51.7 Å². The Hall–Kier alpha value is -0.610. The van der Waals surface area contributed by atoms with E-state index in [4.69, 9.17) is 0 Å². The van der Waals surface area contributed by atoms with Crippen LogP contribution < -0.4 is 5.32 Å². The van der Waals surface area contributed by atoms with Crippen LogP contribution in [0.15, 0.2) is 0 Å². The van der Waals surface area contributed by atoms with Crippen molar-refractivity contribution in [2.75, 3.05) is 40.3 Å². The lowest BCUT2D eigenvalue weighted by Crippen LogP contribution is -2.54. The normalized spacial score (nSPS) is 27.2. The van der Waals surface area contributed by atoms with Crippen molar-refractivity contribution < 1.29 is 4.79 Å². The van der Waals surface area contributed by atoms with Gasteiger partial charge in [-0.1, -0.05) is 13.3 Å². The van der Waals surface area contributed by atoms with Crippen LogP contribution in [0.3, 0.4) is 0 Å². The third-order valence-electron chi connectivity index (χ3n) is 5.21. The topological polar surface area (TPSA) is 35.6 Å². The van der Waals surface area contributed by atoms with Gasteiger partial charge in [-0.3, -0.25) is 4.79 Å². The van der Waals surface area contributed by atoms with Crippen molar-refractivity contribution in [1.29, 1.82) is 0 Å². The molecule has 2 aliphatic rings. The Morgan fingerprint density at radius 1 is 1.40 bits per heavy atom. The molecule has 0 bridgehead atoms. The SMILES string of the molecule is CCCC1(C(=O)N(C)C2CCCN(C)C2)CCNCC1. The minimum atomic E-state index is -0.0925. The zero-order valence-corrected chi connectivity index (χ0v) is 13.5. The highest BCUT2D eigenvalue weighted by Gasteiger charge is 2.42. The summed E-state index contributed by atoms with van der Waals surface area (Å²) >= 11 is 0. The molecule has 2 fully saturated rings. The molecule has 0 aromatic carbocycles. The average Bonchev–Trinajstić information content (AvgIpc) is 2.47. The first-order valence-corrected chi connectivity index (χ1v) is 8.25. The largest absolute Gasteiger partial charge is 0.341 e. The van der Waals surface area contributed by atoms with Gasteiger partial charge >= 0.3 is 0 Å². The second kappa shape index (κ2) is 6.90. The molecule has 2 heterocycles.